The van der Waals surface area contributed by atoms with E-state index in [1.165, 1.54) is 12.1 Å². The van der Waals surface area contributed by atoms with Gasteiger partial charge in [-0.25, -0.2) is 4.79 Å². The normalized spacial score (nSPS) is 12.1. The first-order chi connectivity index (χ1) is 9.47. The summed E-state index contributed by atoms with van der Waals surface area (Å²) in [6.45, 7) is 0. The molecule has 0 amide bonds. The average molecular weight is 418 g/mol. The number of carboxylic acids is 1. The Morgan fingerprint density at radius 3 is 2.30 bits per heavy atom. The third-order valence-corrected chi connectivity index (χ3v) is 5.30. The molecule has 2 aromatic rings. The highest BCUT2D eigenvalue weighted by Gasteiger charge is 2.10. The van der Waals surface area contributed by atoms with Crippen LogP contribution in [0.1, 0.15) is 15.9 Å². The lowest BCUT2D eigenvalue weighted by Gasteiger charge is -2.06. The monoisotopic (exact) mass is 416 g/mol. The molecule has 0 spiro atoms. The lowest BCUT2D eigenvalue weighted by Crippen LogP contribution is -2.00. The highest BCUT2D eigenvalue weighted by atomic mass is 79.9. The van der Waals surface area contributed by atoms with Gasteiger partial charge in [-0.15, -0.1) is 0 Å². The fourth-order valence-electron chi connectivity index (χ4n) is 1.61. The number of carboxylic acid groups (broad SMARTS) is 1. The van der Waals surface area contributed by atoms with Crippen LogP contribution in [0.3, 0.4) is 0 Å². The average Bonchev–Trinajstić information content (AvgIpc) is 2.41. The van der Waals surface area contributed by atoms with Gasteiger partial charge in [-0.3, -0.25) is 4.21 Å². The molecule has 0 heterocycles. The van der Waals surface area contributed by atoms with Crippen LogP contribution in [0.25, 0.3) is 0 Å². The van der Waals surface area contributed by atoms with Crippen LogP contribution in [0.4, 0.5) is 0 Å². The van der Waals surface area contributed by atoms with E-state index in [1.54, 1.807) is 18.2 Å². The van der Waals surface area contributed by atoms with Crippen molar-refractivity contribution in [1.82, 2.24) is 0 Å². The fraction of sp³-hybridized carbons (Fsp3) is 0.0714. The van der Waals surface area contributed by atoms with E-state index < -0.39 is 16.8 Å². The number of hydrogen-bond acceptors (Lipinski definition) is 2. The molecule has 0 aromatic heterocycles. The Kier molecular flexibility index (Phi) is 5.12. The first kappa shape index (κ1) is 15.4. The van der Waals surface area contributed by atoms with Crippen LogP contribution >= 0.6 is 31.9 Å². The first-order valence-corrected chi connectivity index (χ1v) is 8.53. The van der Waals surface area contributed by atoms with E-state index in [2.05, 4.69) is 31.9 Å². The third kappa shape index (κ3) is 3.77. The van der Waals surface area contributed by atoms with Gasteiger partial charge in [0.15, 0.2) is 0 Å². The Hall–Kier alpha value is -0.980. The SMILES string of the molecule is O=C(O)c1ccc(CS(=O)c2ccc(Br)cc2)c(Br)c1. The number of rotatable bonds is 4. The summed E-state index contributed by atoms with van der Waals surface area (Å²) in [6, 6.07) is 12.0. The highest BCUT2D eigenvalue weighted by molar-refractivity contribution is 9.10. The van der Waals surface area contributed by atoms with Crippen molar-refractivity contribution in [2.75, 3.05) is 0 Å². The second-order valence-electron chi connectivity index (χ2n) is 4.06. The largest absolute Gasteiger partial charge is 0.478 e. The molecule has 0 fully saturated rings. The van der Waals surface area contributed by atoms with Crippen molar-refractivity contribution in [3.05, 3.63) is 62.5 Å². The molecule has 104 valence electrons. The molecule has 1 atom stereocenters. The summed E-state index contributed by atoms with van der Waals surface area (Å²) in [5, 5.41) is 8.90. The van der Waals surface area contributed by atoms with Crippen LogP contribution in [0.15, 0.2) is 56.3 Å². The fourth-order valence-corrected chi connectivity index (χ4v) is 3.72. The maximum Gasteiger partial charge on any atom is 0.335 e. The topological polar surface area (TPSA) is 54.4 Å². The summed E-state index contributed by atoms with van der Waals surface area (Å²) in [5.74, 6) is -0.645. The number of carbonyl (C=O) groups is 1. The lowest BCUT2D eigenvalue weighted by molar-refractivity contribution is 0.0697. The Bertz CT molecular complexity index is 669. The van der Waals surface area contributed by atoms with Gasteiger partial charge < -0.3 is 5.11 Å². The smallest absolute Gasteiger partial charge is 0.335 e. The minimum atomic E-state index is -1.17. The summed E-state index contributed by atoms with van der Waals surface area (Å²) < 4.78 is 13.8. The number of benzene rings is 2. The Morgan fingerprint density at radius 2 is 1.75 bits per heavy atom. The van der Waals surface area contributed by atoms with Crippen molar-refractivity contribution in [1.29, 1.82) is 0 Å². The highest BCUT2D eigenvalue weighted by Crippen LogP contribution is 2.23. The third-order valence-electron chi connectivity index (χ3n) is 2.66. The quantitative estimate of drug-likeness (QED) is 0.810. The van der Waals surface area contributed by atoms with Crippen molar-refractivity contribution in [3.63, 3.8) is 0 Å². The maximum atomic E-state index is 12.3. The van der Waals surface area contributed by atoms with Gasteiger partial charge in [0.25, 0.3) is 0 Å². The molecule has 0 saturated carbocycles. The van der Waals surface area contributed by atoms with Crippen LogP contribution in [-0.2, 0) is 16.6 Å². The molecule has 2 rings (SSSR count). The van der Waals surface area contributed by atoms with E-state index >= 15 is 0 Å². The van der Waals surface area contributed by atoms with E-state index in [4.69, 9.17) is 5.11 Å². The van der Waals surface area contributed by atoms with E-state index in [0.717, 1.165) is 14.9 Å². The lowest BCUT2D eigenvalue weighted by atomic mass is 10.1. The molecule has 20 heavy (non-hydrogen) atoms. The van der Waals surface area contributed by atoms with Gasteiger partial charge in [0.2, 0.25) is 0 Å². The van der Waals surface area contributed by atoms with Gasteiger partial charge in [0, 0.05) is 13.8 Å². The van der Waals surface area contributed by atoms with E-state index in [0.29, 0.717) is 10.2 Å². The van der Waals surface area contributed by atoms with Crippen molar-refractivity contribution < 1.29 is 14.1 Å². The van der Waals surface area contributed by atoms with Crippen molar-refractivity contribution in [3.8, 4) is 0 Å². The summed E-state index contributed by atoms with van der Waals surface area (Å²) in [4.78, 5) is 11.6. The molecule has 0 aliphatic heterocycles. The molecule has 0 aliphatic carbocycles. The summed E-state index contributed by atoms with van der Waals surface area (Å²) in [5.41, 5.74) is 1.02. The molecule has 2 aromatic carbocycles. The maximum absolute atomic E-state index is 12.3. The van der Waals surface area contributed by atoms with Gasteiger partial charge in [0.1, 0.15) is 0 Å². The Balaban J connectivity index is 2.19. The molecule has 0 saturated heterocycles. The van der Waals surface area contributed by atoms with Gasteiger partial charge >= 0.3 is 5.97 Å². The van der Waals surface area contributed by atoms with Crippen molar-refractivity contribution in [2.45, 2.75) is 10.6 Å². The molecular weight excluding hydrogens is 408 g/mol. The predicted octanol–water partition coefficient (Wildman–Crippen LogP) is 4.22. The summed E-state index contributed by atoms with van der Waals surface area (Å²) >= 11 is 6.66. The number of halogens is 2. The molecule has 3 nitrogen and oxygen atoms in total. The zero-order valence-corrected chi connectivity index (χ0v) is 14.2. The molecule has 1 N–H and O–H groups in total. The minimum Gasteiger partial charge on any atom is -0.478 e. The molecular formula is C14H10Br2O3S. The molecule has 6 heteroatoms. The molecule has 0 radical (unpaired) electrons. The standard InChI is InChI=1S/C14H10Br2O3S/c15-11-3-5-12(6-4-11)20(19)8-10-2-1-9(14(17)18)7-13(10)16/h1-7H,8H2,(H,17,18). The minimum absolute atomic E-state index is 0.204. The molecule has 0 bridgehead atoms. The van der Waals surface area contributed by atoms with Gasteiger partial charge in [-0.05, 0) is 42.0 Å². The second kappa shape index (κ2) is 6.65. The van der Waals surface area contributed by atoms with E-state index in [-0.39, 0.29) is 5.56 Å². The van der Waals surface area contributed by atoms with Crippen LogP contribution in [0.2, 0.25) is 0 Å². The second-order valence-corrected chi connectivity index (χ2v) is 7.28. The van der Waals surface area contributed by atoms with Gasteiger partial charge in [-0.1, -0.05) is 37.9 Å². The van der Waals surface area contributed by atoms with Gasteiger partial charge in [-0.2, -0.15) is 0 Å². The van der Waals surface area contributed by atoms with Crippen LogP contribution < -0.4 is 0 Å². The predicted molar refractivity (Wildman–Crippen MR) is 85.4 cm³/mol. The summed E-state index contributed by atoms with van der Waals surface area (Å²) in [6.07, 6.45) is 0. The number of aromatic carboxylic acids is 1. The summed E-state index contributed by atoms with van der Waals surface area (Å²) in [7, 11) is -1.17. The number of hydrogen-bond donors (Lipinski definition) is 1. The molecule has 0 aliphatic rings. The van der Waals surface area contributed by atoms with Crippen molar-refractivity contribution >= 4 is 48.6 Å². The zero-order valence-electron chi connectivity index (χ0n) is 10.2. The Labute approximate surface area is 135 Å². The van der Waals surface area contributed by atoms with Gasteiger partial charge in [0.05, 0.1) is 22.1 Å². The Morgan fingerprint density at radius 1 is 1.10 bits per heavy atom. The van der Waals surface area contributed by atoms with E-state index in [1.807, 2.05) is 12.1 Å². The zero-order chi connectivity index (χ0) is 14.7. The first-order valence-electron chi connectivity index (χ1n) is 5.63. The van der Waals surface area contributed by atoms with Crippen molar-refractivity contribution in [2.24, 2.45) is 0 Å². The van der Waals surface area contributed by atoms with Crippen LogP contribution in [0.5, 0.6) is 0 Å². The van der Waals surface area contributed by atoms with Crippen LogP contribution in [-0.4, -0.2) is 15.3 Å². The van der Waals surface area contributed by atoms with Crippen LogP contribution in [0, 0.1) is 0 Å². The molecule has 1 unspecified atom stereocenters. The van der Waals surface area contributed by atoms with E-state index in [9.17, 15) is 9.00 Å².